The molecule has 0 fully saturated rings. The van der Waals surface area contributed by atoms with Crippen LogP contribution in [-0.4, -0.2) is 22.3 Å². The Hall–Kier alpha value is -2.52. The number of rotatable bonds is 3. The molecule has 2 rings (SSSR count). The number of nitriles is 1. The van der Waals surface area contributed by atoms with Crippen LogP contribution in [0.2, 0.25) is 0 Å². The first kappa shape index (κ1) is 15.9. The molecular formula is C16H14N2O3S. The Kier molecular flexibility index (Phi) is 5.02. The fraction of sp³-hybridized carbons (Fsp3) is 0.188. The summed E-state index contributed by atoms with van der Waals surface area (Å²) in [6.07, 6.45) is 3.04. The second-order valence-electron chi connectivity index (χ2n) is 4.72. The second-order valence-corrected chi connectivity index (χ2v) is 5.79. The molecule has 1 aliphatic rings. The van der Waals surface area contributed by atoms with Gasteiger partial charge in [0.2, 0.25) is 0 Å². The van der Waals surface area contributed by atoms with Crippen molar-refractivity contribution in [2.75, 3.05) is 0 Å². The molecule has 0 atom stereocenters. The number of esters is 1. The molecular weight excluding hydrogens is 300 g/mol. The van der Waals surface area contributed by atoms with E-state index in [4.69, 9.17) is 9.94 Å². The zero-order chi connectivity index (χ0) is 16.1. The summed E-state index contributed by atoms with van der Waals surface area (Å²) in [6.45, 7) is 3.54. The van der Waals surface area contributed by atoms with Gasteiger partial charge in [0.25, 0.3) is 0 Å². The maximum atomic E-state index is 12.2. The van der Waals surface area contributed by atoms with Gasteiger partial charge in [-0.2, -0.15) is 5.26 Å². The summed E-state index contributed by atoms with van der Waals surface area (Å²) < 4.78 is 5.22. The van der Waals surface area contributed by atoms with Crippen LogP contribution in [0.15, 0.2) is 46.5 Å². The van der Waals surface area contributed by atoms with E-state index in [2.05, 4.69) is 11.2 Å². The fourth-order valence-corrected chi connectivity index (χ4v) is 2.72. The highest BCUT2D eigenvalue weighted by atomic mass is 32.2. The zero-order valence-corrected chi connectivity index (χ0v) is 12.9. The van der Waals surface area contributed by atoms with Gasteiger partial charge in [-0.1, -0.05) is 35.1 Å². The van der Waals surface area contributed by atoms with Crippen molar-refractivity contribution >= 4 is 28.3 Å². The number of allylic oxidation sites excluding steroid dienone is 2. The van der Waals surface area contributed by atoms with Crippen LogP contribution < -0.4 is 0 Å². The number of hydrogen-bond donors (Lipinski definition) is 1. The molecule has 1 aromatic rings. The van der Waals surface area contributed by atoms with Gasteiger partial charge in [-0.3, -0.25) is 0 Å². The summed E-state index contributed by atoms with van der Waals surface area (Å²) in [5.41, 5.74) is 1.18. The molecule has 0 unspecified atom stereocenters. The first-order chi connectivity index (χ1) is 10.6. The lowest BCUT2D eigenvalue weighted by Crippen LogP contribution is -2.13. The van der Waals surface area contributed by atoms with E-state index in [-0.39, 0.29) is 6.10 Å². The van der Waals surface area contributed by atoms with Gasteiger partial charge in [0.1, 0.15) is 11.1 Å². The summed E-state index contributed by atoms with van der Waals surface area (Å²) in [7, 11) is 0. The molecule has 5 nitrogen and oxygen atoms in total. The summed E-state index contributed by atoms with van der Waals surface area (Å²) in [6, 6.07) is 8.92. The Balaban J connectivity index is 2.49. The zero-order valence-electron chi connectivity index (χ0n) is 12.1. The monoisotopic (exact) mass is 314 g/mol. The van der Waals surface area contributed by atoms with Gasteiger partial charge in [0, 0.05) is 10.5 Å². The lowest BCUT2D eigenvalue weighted by Gasteiger charge is -2.12. The van der Waals surface area contributed by atoms with Crippen LogP contribution in [0.5, 0.6) is 0 Å². The first-order valence-corrected chi connectivity index (χ1v) is 7.41. The predicted octanol–water partition coefficient (Wildman–Crippen LogP) is 3.58. The molecule has 0 saturated carbocycles. The minimum atomic E-state index is -0.470. The van der Waals surface area contributed by atoms with Gasteiger partial charge >= 0.3 is 5.97 Å². The van der Waals surface area contributed by atoms with Crippen LogP contribution in [-0.2, 0) is 4.74 Å². The Morgan fingerprint density at radius 1 is 1.32 bits per heavy atom. The lowest BCUT2D eigenvalue weighted by atomic mass is 10.00. The molecule has 6 heteroatoms. The first-order valence-electron chi connectivity index (χ1n) is 6.59. The second kappa shape index (κ2) is 6.96. The van der Waals surface area contributed by atoms with Gasteiger partial charge in [0.05, 0.1) is 17.2 Å². The molecule has 0 saturated heterocycles. The summed E-state index contributed by atoms with van der Waals surface area (Å²) in [5.74, 6) is -0.470. The van der Waals surface area contributed by atoms with Crippen LogP contribution in [0.25, 0.3) is 5.57 Å². The number of hydrogen-bond acceptors (Lipinski definition) is 6. The highest BCUT2D eigenvalue weighted by molar-refractivity contribution is 8.18. The lowest BCUT2D eigenvalue weighted by molar-refractivity contribution is 0.0377. The number of thioether (sulfide) groups is 1. The minimum absolute atomic E-state index is 0.243. The van der Waals surface area contributed by atoms with Crippen molar-refractivity contribution in [3.63, 3.8) is 0 Å². The van der Waals surface area contributed by atoms with Gasteiger partial charge in [0.15, 0.2) is 0 Å². The third-order valence-corrected chi connectivity index (χ3v) is 3.79. The minimum Gasteiger partial charge on any atom is -0.459 e. The van der Waals surface area contributed by atoms with Gasteiger partial charge in [-0.25, -0.2) is 4.79 Å². The molecule has 1 N–H and O–H groups in total. The molecule has 1 heterocycles. The van der Waals surface area contributed by atoms with Crippen molar-refractivity contribution in [1.29, 1.82) is 5.26 Å². The molecule has 112 valence electrons. The van der Waals surface area contributed by atoms with Crippen molar-refractivity contribution < 1.29 is 14.7 Å². The Labute approximate surface area is 132 Å². The van der Waals surface area contributed by atoms with Crippen LogP contribution >= 0.6 is 11.8 Å². The maximum Gasteiger partial charge on any atom is 0.339 e. The molecule has 0 amide bonds. The van der Waals surface area contributed by atoms with E-state index in [0.717, 1.165) is 0 Å². The average molecular weight is 314 g/mol. The van der Waals surface area contributed by atoms with Crippen molar-refractivity contribution in [3.05, 3.63) is 52.4 Å². The smallest absolute Gasteiger partial charge is 0.339 e. The number of oxime groups is 1. The number of nitrogens with zero attached hydrogens (tertiary/aromatic N) is 2. The maximum absolute atomic E-state index is 12.2. The van der Waals surface area contributed by atoms with E-state index < -0.39 is 5.97 Å². The molecule has 1 aromatic carbocycles. The third kappa shape index (κ3) is 3.38. The molecule has 0 bridgehead atoms. The number of carbonyl (C=O) groups is 1. The molecule has 1 aliphatic heterocycles. The molecule has 0 aliphatic carbocycles. The van der Waals surface area contributed by atoms with Crippen LogP contribution in [0.4, 0.5) is 0 Å². The van der Waals surface area contributed by atoms with E-state index in [9.17, 15) is 10.1 Å². The van der Waals surface area contributed by atoms with Gasteiger partial charge in [-0.15, -0.1) is 0 Å². The third-order valence-electron chi connectivity index (χ3n) is 2.81. The van der Waals surface area contributed by atoms with Crippen molar-refractivity contribution in [1.82, 2.24) is 0 Å². The number of benzene rings is 1. The summed E-state index contributed by atoms with van der Waals surface area (Å²) in [5, 5.41) is 21.8. The number of carbonyl (C=O) groups excluding carboxylic acids is 1. The van der Waals surface area contributed by atoms with E-state index in [0.29, 0.717) is 26.6 Å². The van der Waals surface area contributed by atoms with Gasteiger partial charge < -0.3 is 9.94 Å². The molecule has 0 spiro atoms. The normalized spacial score (nSPS) is 17.6. The Morgan fingerprint density at radius 2 is 2.00 bits per heavy atom. The topological polar surface area (TPSA) is 82.7 Å². The standard InChI is InChI=1S/C16H14N2O3S/c1-10(2)21-16(19)12-6-4-3-5-11(12)13(9-17)14-7-8-15(18-20)22-14/h3-8,10,20H,1-2H3. The Morgan fingerprint density at radius 3 is 2.55 bits per heavy atom. The van der Waals surface area contributed by atoms with Crippen molar-refractivity contribution in [2.24, 2.45) is 5.16 Å². The summed E-state index contributed by atoms with van der Waals surface area (Å²) in [4.78, 5) is 12.8. The van der Waals surface area contributed by atoms with Gasteiger partial charge in [-0.05, 0) is 32.1 Å². The highest BCUT2D eigenvalue weighted by Gasteiger charge is 2.21. The van der Waals surface area contributed by atoms with Crippen molar-refractivity contribution in [2.45, 2.75) is 20.0 Å². The molecule has 22 heavy (non-hydrogen) atoms. The van der Waals surface area contributed by atoms with E-state index >= 15 is 0 Å². The van der Waals surface area contributed by atoms with Crippen LogP contribution in [0.3, 0.4) is 0 Å². The van der Waals surface area contributed by atoms with E-state index in [1.165, 1.54) is 11.8 Å². The fourth-order valence-electron chi connectivity index (χ4n) is 1.92. The quantitative estimate of drug-likeness (QED) is 0.399. The number of ether oxygens (including phenoxy) is 1. The molecule has 0 aromatic heterocycles. The highest BCUT2D eigenvalue weighted by Crippen LogP contribution is 2.34. The van der Waals surface area contributed by atoms with E-state index in [1.807, 2.05) is 0 Å². The van der Waals surface area contributed by atoms with Crippen molar-refractivity contribution in [3.8, 4) is 6.07 Å². The predicted molar refractivity (Wildman–Crippen MR) is 85.5 cm³/mol. The average Bonchev–Trinajstić information content (AvgIpc) is 2.96. The SMILES string of the molecule is CC(C)OC(=O)c1ccccc1C(C#N)=C1C=CC(=NO)S1. The van der Waals surface area contributed by atoms with Crippen LogP contribution in [0.1, 0.15) is 29.8 Å². The van der Waals surface area contributed by atoms with Crippen LogP contribution in [0, 0.1) is 11.3 Å². The Bertz CT molecular complexity index is 727. The molecule has 0 radical (unpaired) electrons. The summed E-state index contributed by atoms with van der Waals surface area (Å²) >= 11 is 1.17. The van der Waals surface area contributed by atoms with E-state index in [1.54, 1.807) is 50.3 Å². The largest absolute Gasteiger partial charge is 0.459 e.